The summed E-state index contributed by atoms with van der Waals surface area (Å²) in [5, 5.41) is 9.54. The number of hydrogen-bond donors (Lipinski definition) is 0. The molecule has 1 saturated heterocycles. The fourth-order valence-electron chi connectivity index (χ4n) is 3.17. The van der Waals surface area contributed by atoms with Gasteiger partial charge in [0, 0.05) is 31.9 Å². The third kappa shape index (κ3) is 4.23. The van der Waals surface area contributed by atoms with Gasteiger partial charge in [0.1, 0.15) is 11.6 Å². The first kappa shape index (κ1) is 19.0. The number of para-hydroxylation sites is 2. The molecule has 0 aliphatic carbocycles. The first-order chi connectivity index (χ1) is 13.7. The van der Waals surface area contributed by atoms with E-state index in [1.807, 2.05) is 24.3 Å². The summed E-state index contributed by atoms with van der Waals surface area (Å²) in [5.74, 6) is 1.29. The summed E-state index contributed by atoms with van der Waals surface area (Å²) in [7, 11) is 1.71. The van der Waals surface area contributed by atoms with E-state index >= 15 is 0 Å². The van der Waals surface area contributed by atoms with Crippen LogP contribution in [0, 0.1) is 5.82 Å². The second-order valence-electron chi connectivity index (χ2n) is 6.38. The Bertz CT molecular complexity index is 928. The van der Waals surface area contributed by atoms with Crippen LogP contribution >= 0.6 is 23.1 Å². The molecule has 2 aromatic carbocycles. The number of methoxy groups -OCH3 is 1. The number of halogens is 1. The number of piperazine rings is 1. The van der Waals surface area contributed by atoms with E-state index in [9.17, 15) is 4.39 Å². The van der Waals surface area contributed by atoms with Crippen molar-refractivity contribution in [2.75, 3.05) is 43.1 Å². The Kier molecular flexibility index (Phi) is 5.97. The third-order valence-corrected chi connectivity index (χ3v) is 6.85. The van der Waals surface area contributed by atoms with Gasteiger partial charge in [-0.15, -0.1) is 10.2 Å². The van der Waals surface area contributed by atoms with E-state index in [2.05, 4.69) is 26.1 Å². The maximum atomic E-state index is 13.8. The van der Waals surface area contributed by atoms with Crippen molar-refractivity contribution in [1.82, 2.24) is 10.2 Å². The summed E-state index contributed by atoms with van der Waals surface area (Å²) in [6, 6.07) is 15.0. The van der Waals surface area contributed by atoms with Gasteiger partial charge in [-0.1, -0.05) is 53.4 Å². The van der Waals surface area contributed by atoms with Gasteiger partial charge in [0.15, 0.2) is 4.34 Å². The molecular formula is C20H21FN4OS2. The molecule has 0 bridgehead atoms. The van der Waals surface area contributed by atoms with Crippen LogP contribution in [0.5, 0.6) is 5.75 Å². The average Bonchev–Trinajstić information content (AvgIpc) is 3.22. The van der Waals surface area contributed by atoms with E-state index < -0.39 is 0 Å². The summed E-state index contributed by atoms with van der Waals surface area (Å²) < 4.78 is 20.1. The van der Waals surface area contributed by atoms with E-state index in [0.29, 0.717) is 11.3 Å². The zero-order valence-electron chi connectivity index (χ0n) is 15.5. The van der Waals surface area contributed by atoms with Crippen LogP contribution in [0.15, 0.2) is 52.9 Å². The largest absolute Gasteiger partial charge is 0.495 e. The summed E-state index contributed by atoms with van der Waals surface area (Å²) in [6.45, 7) is 3.56. The lowest BCUT2D eigenvalue weighted by atomic mass is 10.2. The lowest BCUT2D eigenvalue weighted by Crippen LogP contribution is -2.46. The van der Waals surface area contributed by atoms with Crippen LogP contribution in [0.25, 0.3) is 0 Å². The Morgan fingerprint density at radius 2 is 1.71 bits per heavy atom. The molecule has 5 nitrogen and oxygen atoms in total. The molecule has 2 heterocycles. The molecule has 1 aromatic heterocycles. The number of ether oxygens (including phenoxy) is 1. The van der Waals surface area contributed by atoms with Crippen molar-refractivity contribution < 1.29 is 9.13 Å². The molecule has 0 amide bonds. The lowest BCUT2D eigenvalue weighted by molar-refractivity contribution is 0.413. The first-order valence-electron chi connectivity index (χ1n) is 9.07. The topological polar surface area (TPSA) is 41.5 Å². The van der Waals surface area contributed by atoms with Crippen LogP contribution < -0.4 is 14.5 Å². The highest BCUT2D eigenvalue weighted by Gasteiger charge is 2.22. The number of nitrogens with zero attached hydrogens (tertiary/aromatic N) is 4. The number of thioether (sulfide) groups is 1. The maximum absolute atomic E-state index is 13.8. The van der Waals surface area contributed by atoms with E-state index in [1.165, 1.54) is 17.8 Å². The fraction of sp³-hybridized carbons (Fsp3) is 0.300. The monoisotopic (exact) mass is 416 g/mol. The van der Waals surface area contributed by atoms with Crippen LogP contribution in [0.3, 0.4) is 0 Å². The maximum Gasteiger partial charge on any atom is 0.209 e. The summed E-state index contributed by atoms with van der Waals surface area (Å²) in [5.41, 5.74) is 1.82. The predicted octanol–water partition coefficient (Wildman–Crippen LogP) is 4.30. The Labute approximate surface area is 172 Å². The molecule has 1 aliphatic rings. The molecule has 0 spiro atoms. The number of rotatable bonds is 6. The molecule has 1 fully saturated rings. The Balaban J connectivity index is 1.35. The first-order valence-corrected chi connectivity index (χ1v) is 10.9. The standard InChI is InChI=1S/C20H21FN4OS2/c1-26-18-9-5-4-8-17(18)24-10-12-25(13-11-24)19-22-23-20(28-19)27-14-15-6-2-3-7-16(15)21/h2-9H,10-14H2,1H3. The summed E-state index contributed by atoms with van der Waals surface area (Å²) in [4.78, 5) is 4.60. The number of aromatic nitrogens is 2. The van der Waals surface area contributed by atoms with Crippen molar-refractivity contribution in [2.24, 2.45) is 0 Å². The molecule has 4 rings (SSSR count). The second-order valence-corrected chi connectivity index (χ2v) is 8.56. The highest BCUT2D eigenvalue weighted by Crippen LogP contribution is 2.33. The van der Waals surface area contributed by atoms with Crippen molar-refractivity contribution in [1.29, 1.82) is 0 Å². The van der Waals surface area contributed by atoms with Gasteiger partial charge < -0.3 is 14.5 Å². The molecule has 8 heteroatoms. The van der Waals surface area contributed by atoms with Crippen LogP contribution in [0.1, 0.15) is 5.56 Å². The van der Waals surface area contributed by atoms with Crippen LogP contribution in [-0.2, 0) is 5.75 Å². The molecule has 0 radical (unpaired) electrons. The third-order valence-electron chi connectivity index (χ3n) is 4.68. The van der Waals surface area contributed by atoms with Gasteiger partial charge >= 0.3 is 0 Å². The van der Waals surface area contributed by atoms with Gasteiger partial charge in [-0.3, -0.25) is 0 Å². The van der Waals surface area contributed by atoms with Crippen LogP contribution in [-0.4, -0.2) is 43.5 Å². The summed E-state index contributed by atoms with van der Waals surface area (Å²) in [6.07, 6.45) is 0. The summed E-state index contributed by atoms with van der Waals surface area (Å²) >= 11 is 3.10. The van der Waals surface area contributed by atoms with Gasteiger partial charge in [-0.2, -0.15) is 0 Å². The van der Waals surface area contributed by atoms with E-state index in [4.69, 9.17) is 4.74 Å². The molecule has 28 heavy (non-hydrogen) atoms. The minimum atomic E-state index is -0.174. The number of hydrogen-bond acceptors (Lipinski definition) is 7. The minimum absolute atomic E-state index is 0.174. The van der Waals surface area contributed by atoms with Gasteiger partial charge in [0.2, 0.25) is 5.13 Å². The normalized spacial score (nSPS) is 14.4. The van der Waals surface area contributed by atoms with Gasteiger partial charge in [-0.05, 0) is 23.8 Å². The van der Waals surface area contributed by atoms with Crippen molar-refractivity contribution in [2.45, 2.75) is 10.1 Å². The quantitative estimate of drug-likeness (QED) is 0.558. The average molecular weight is 417 g/mol. The molecule has 0 atom stereocenters. The smallest absolute Gasteiger partial charge is 0.209 e. The molecule has 0 N–H and O–H groups in total. The molecule has 0 unspecified atom stereocenters. The van der Waals surface area contributed by atoms with Gasteiger partial charge in [0.05, 0.1) is 12.8 Å². The molecule has 146 valence electrons. The minimum Gasteiger partial charge on any atom is -0.495 e. The SMILES string of the molecule is COc1ccccc1N1CCN(c2nnc(SCc3ccccc3F)s2)CC1. The van der Waals surface area contributed by atoms with Crippen LogP contribution in [0.4, 0.5) is 15.2 Å². The molecule has 1 aliphatic heterocycles. The molecule has 0 saturated carbocycles. The fourth-order valence-corrected chi connectivity index (χ4v) is 5.05. The zero-order chi connectivity index (χ0) is 19.3. The Morgan fingerprint density at radius 1 is 1.00 bits per heavy atom. The molecule has 3 aromatic rings. The van der Waals surface area contributed by atoms with Gasteiger partial charge in [-0.25, -0.2) is 4.39 Å². The zero-order valence-corrected chi connectivity index (χ0v) is 17.2. The van der Waals surface area contributed by atoms with E-state index in [1.54, 1.807) is 30.6 Å². The Morgan fingerprint density at radius 3 is 2.50 bits per heavy atom. The number of benzene rings is 2. The highest BCUT2D eigenvalue weighted by atomic mass is 32.2. The van der Waals surface area contributed by atoms with Crippen molar-refractivity contribution in [3.8, 4) is 5.75 Å². The van der Waals surface area contributed by atoms with E-state index in [0.717, 1.165) is 47.1 Å². The van der Waals surface area contributed by atoms with Gasteiger partial charge in [0.25, 0.3) is 0 Å². The van der Waals surface area contributed by atoms with Crippen molar-refractivity contribution in [3.05, 3.63) is 59.9 Å². The lowest BCUT2D eigenvalue weighted by Gasteiger charge is -2.36. The highest BCUT2D eigenvalue weighted by molar-refractivity contribution is 8.00. The van der Waals surface area contributed by atoms with E-state index in [-0.39, 0.29) is 5.82 Å². The van der Waals surface area contributed by atoms with Crippen molar-refractivity contribution >= 4 is 33.9 Å². The Hall–Kier alpha value is -2.32. The number of anilines is 2. The van der Waals surface area contributed by atoms with Crippen molar-refractivity contribution in [3.63, 3.8) is 0 Å². The van der Waals surface area contributed by atoms with Crippen LogP contribution in [0.2, 0.25) is 0 Å². The predicted molar refractivity (Wildman–Crippen MR) is 113 cm³/mol. The second kappa shape index (κ2) is 8.79. The molecular weight excluding hydrogens is 395 g/mol.